The van der Waals surface area contributed by atoms with E-state index in [9.17, 15) is 14.4 Å². The Hall–Kier alpha value is -3.48. The number of alkyl halides is 4. The molecule has 0 unspecified atom stereocenters. The van der Waals surface area contributed by atoms with Crippen molar-refractivity contribution in [2.24, 2.45) is 4.99 Å². The quantitative estimate of drug-likeness (QED) is 0.0440. The summed E-state index contributed by atoms with van der Waals surface area (Å²) in [6, 6.07) is 22.6. The van der Waals surface area contributed by atoms with Crippen molar-refractivity contribution in [3.8, 4) is 0 Å². The number of aliphatic hydroxyl groups excluding tert-OH is 2. The number of amidine groups is 1. The highest BCUT2D eigenvalue weighted by Crippen LogP contribution is 2.49. The number of carbonyl (C=O) groups is 3. The van der Waals surface area contributed by atoms with Crippen LogP contribution in [0, 0.1) is 0 Å². The Kier molecular flexibility index (Phi) is 19.3. The van der Waals surface area contributed by atoms with Crippen LogP contribution in [-0.4, -0.2) is 122 Å². The van der Waals surface area contributed by atoms with Crippen LogP contribution < -0.4 is 14.7 Å². The third kappa shape index (κ3) is 12.3. The van der Waals surface area contributed by atoms with Gasteiger partial charge in [-0.2, -0.15) is 0 Å². The Bertz CT molecular complexity index is 3500. The monoisotopic (exact) mass is 1230 g/mol. The number of aliphatic hydroxyl groups is 2. The molecule has 0 saturated carbocycles. The molecule has 74 heavy (non-hydrogen) atoms. The highest BCUT2D eigenvalue weighted by Gasteiger charge is 2.26. The fraction of sp³-hybridized carbons (Fsp3) is 0.255. The van der Waals surface area contributed by atoms with Gasteiger partial charge in [-0.05, 0) is 54.1 Å². The topological polar surface area (TPSA) is 117 Å². The smallest absolute Gasteiger partial charge is 0.277 e. The molecule has 0 aliphatic carbocycles. The first-order valence-corrected chi connectivity index (χ1v) is 32.4. The zero-order valence-corrected chi connectivity index (χ0v) is 49.6. The molecule has 2 N–H and O–H groups in total. The van der Waals surface area contributed by atoms with Crippen molar-refractivity contribution in [2.75, 3.05) is 97.7 Å². The molecule has 10 heterocycles. The minimum absolute atomic E-state index is 0.0647. The fourth-order valence-electron chi connectivity index (χ4n) is 7.96. The van der Waals surface area contributed by atoms with E-state index in [2.05, 4.69) is 39.1 Å². The number of likely N-dealkylation sites (N-methyl/N-ethyl adjacent to an activating group) is 1. The molecule has 23 heteroatoms. The molecular weight excluding hydrogens is 1190 g/mol. The van der Waals surface area contributed by atoms with Crippen LogP contribution in [0.1, 0.15) is 29.8 Å². The number of carbonyl (C=O) groups excluding carboxylic acids is 3. The second kappa shape index (κ2) is 25.8. The van der Waals surface area contributed by atoms with Crippen LogP contribution in [0.15, 0.2) is 83.5 Å². The third-order valence-corrected chi connectivity index (χ3v) is 23.4. The highest BCUT2D eigenvalue weighted by atomic mass is 35.5. The zero-order valence-electron chi connectivity index (χ0n) is 39.3. The van der Waals surface area contributed by atoms with Gasteiger partial charge in [0, 0.05) is 103 Å². The molecule has 0 bridgehead atoms. The van der Waals surface area contributed by atoms with E-state index in [1.54, 1.807) is 103 Å². The minimum atomic E-state index is -0.0918. The average Bonchev–Trinajstić information content (AvgIpc) is 4.27. The van der Waals surface area contributed by atoms with Crippen molar-refractivity contribution in [3.63, 3.8) is 0 Å². The molecule has 10 aromatic rings. The Morgan fingerprint density at radius 1 is 0.514 bits per heavy atom. The molecule has 11 rings (SSSR count). The highest BCUT2D eigenvalue weighted by molar-refractivity contribution is 7.41. The lowest BCUT2D eigenvalue weighted by atomic mass is 10.2. The maximum absolute atomic E-state index is 12.8. The predicted molar refractivity (Wildman–Crippen MR) is 333 cm³/mol. The largest absolute Gasteiger partial charge is 0.395 e. The molecule has 0 atom stereocenters. The van der Waals surface area contributed by atoms with E-state index in [4.69, 9.17) is 56.6 Å². The number of thiophene rings is 9. The second-order valence-corrected chi connectivity index (χ2v) is 27.3. The van der Waals surface area contributed by atoms with E-state index < -0.39 is 0 Å². The number of rotatable bonds is 20. The molecule has 1 aliphatic heterocycles. The van der Waals surface area contributed by atoms with Gasteiger partial charge in [0.05, 0.1) is 66.2 Å². The summed E-state index contributed by atoms with van der Waals surface area (Å²) in [5.41, 5.74) is 1.53. The van der Waals surface area contributed by atoms with Crippen LogP contribution >= 0.6 is 148 Å². The molecule has 386 valence electrons. The Labute approximate surface area is 482 Å². The number of hydrogen-bond donors (Lipinski definition) is 2. The van der Waals surface area contributed by atoms with Crippen molar-refractivity contribution >= 4 is 256 Å². The number of aldehydes is 2. The van der Waals surface area contributed by atoms with Gasteiger partial charge in [-0.1, -0.05) is 36.4 Å². The SMILES string of the molecule is CN1C(=O)/C(=C/c2cc3sc4cc(N(CCCl)CCCl)sc4c3s2)N=C1/C=C/c1ccccc1.O=Cc1cc2sc3cc(N(CCCl)CCCl)sc3c2s1.O=Cc1cc2sc3cc(N(CCO)CCO)sc3c2s1. The molecule has 10 nitrogen and oxygen atoms in total. The van der Waals surface area contributed by atoms with Crippen molar-refractivity contribution in [1.29, 1.82) is 0 Å². The van der Waals surface area contributed by atoms with Gasteiger partial charge in [-0.15, -0.1) is 148 Å². The Morgan fingerprint density at radius 3 is 1.30 bits per heavy atom. The molecular formula is C51H45Cl4N5O5S9. The van der Waals surface area contributed by atoms with Crippen LogP contribution in [0.3, 0.4) is 0 Å². The summed E-state index contributed by atoms with van der Waals surface area (Å²) >= 11 is 38.9. The fourth-order valence-corrected chi connectivity index (χ4v) is 20.6. The first kappa shape index (κ1) is 55.3. The van der Waals surface area contributed by atoms with E-state index >= 15 is 0 Å². The molecule has 0 saturated heterocycles. The number of benzene rings is 1. The molecule has 1 aromatic carbocycles. The normalized spacial score (nSPS) is 13.3. The third-order valence-electron chi connectivity index (χ3n) is 11.4. The number of hydrogen-bond acceptors (Lipinski definition) is 18. The minimum Gasteiger partial charge on any atom is -0.395 e. The van der Waals surface area contributed by atoms with Gasteiger partial charge in [-0.25, -0.2) is 4.99 Å². The number of nitrogens with zero attached hydrogens (tertiary/aromatic N) is 5. The summed E-state index contributed by atoms with van der Waals surface area (Å²) in [5.74, 6) is 2.87. The summed E-state index contributed by atoms with van der Waals surface area (Å²) in [5, 5.41) is 21.7. The van der Waals surface area contributed by atoms with Gasteiger partial charge < -0.3 is 24.9 Å². The van der Waals surface area contributed by atoms with Gasteiger partial charge in [-0.3, -0.25) is 19.3 Å². The van der Waals surface area contributed by atoms with Gasteiger partial charge in [0.2, 0.25) is 0 Å². The van der Waals surface area contributed by atoms with Crippen molar-refractivity contribution in [3.05, 3.63) is 98.7 Å². The van der Waals surface area contributed by atoms with Gasteiger partial charge >= 0.3 is 0 Å². The Morgan fingerprint density at radius 2 is 0.892 bits per heavy atom. The van der Waals surface area contributed by atoms with Crippen LogP contribution in [0.5, 0.6) is 0 Å². The van der Waals surface area contributed by atoms with Crippen LogP contribution in [0.25, 0.3) is 68.6 Å². The number of amides is 1. The first-order chi connectivity index (χ1) is 36.1. The zero-order chi connectivity index (χ0) is 51.9. The predicted octanol–water partition coefficient (Wildman–Crippen LogP) is 15.4. The lowest BCUT2D eigenvalue weighted by Gasteiger charge is -2.20. The van der Waals surface area contributed by atoms with E-state index in [1.165, 1.54) is 68.3 Å². The Balaban J connectivity index is 0.000000145. The summed E-state index contributed by atoms with van der Waals surface area (Å²) in [6.45, 7) is 4.32. The number of fused-ring (bicyclic) bond motifs is 9. The van der Waals surface area contributed by atoms with Crippen LogP contribution in [0.2, 0.25) is 0 Å². The summed E-state index contributed by atoms with van der Waals surface area (Å²) in [7, 11) is 1.76. The summed E-state index contributed by atoms with van der Waals surface area (Å²) < 4.78 is 14.7. The number of aliphatic imine (C=N–C) groups is 1. The van der Waals surface area contributed by atoms with Crippen molar-refractivity contribution in [1.82, 2.24) is 4.90 Å². The van der Waals surface area contributed by atoms with E-state index in [0.29, 0.717) is 48.1 Å². The molecule has 9 aromatic heterocycles. The molecule has 1 amide bonds. The molecule has 0 radical (unpaired) electrons. The van der Waals surface area contributed by atoms with E-state index in [0.717, 1.165) is 73.3 Å². The van der Waals surface area contributed by atoms with Gasteiger partial charge in [0.15, 0.2) is 12.6 Å². The molecule has 0 fully saturated rings. The summed E-state index contributed by atoms with van der Waals surface area (Å²) in [6.07, 6.45) is 7.56. The van der Waals surface area contributed by atoms with Crippen LogP contribution in [0.4, 0.5) is 15.0 Å². The molecule has 0 spiro atoms. The lowest BCUT2D eigenvalue weighted by molar-refractivity contribution is -0.121. The average molecular weight is 1240 g/mol. The lowest BCUT2D eigenvalue weighted by Crippen LogP contribution is -2.28. The maximum Gasteiger partial charge on any atom is 0.277 e. The maximum atomic E-state index is 12.8. The standard InChI is InChI=1S/C25H21Cl2N3OS3.C13H11Cl2NOS3.C13H13NO3S3/c1-29-21(8-7-16-5-3-2-4-6-16)28-18(25(29)31)13-17-14-19-23(32-17)24-20(33-19)15-22(34-24)30(11-9-26)12-10-27;14-1-3-16(4-2-15)11-6-10-13(20-11)12-9(19-10)5-8(7-17)18-12;15-3-1-14(2-4-16)11-6-10-13(20-11)12-9(19-10)5-8(7-17)18-12/h2-8,13-15H,9-12H2,1H3;5-7H,1-4H2;5-7,15-16H,1-4H2/b8-7+,18-13-;;. The number of halogens is 4. The summed E-state index contributed by atoms with van der Waals surface area (Å²) in [4.78, 5) is 49.7. The van der Waals surface area contributed by atoms with Crippen molar-refractivity contribution in [2.45, 2.75) is 0 Å². The van der Waals surface area contributed by atoms with Gasteiger partial charge in [0.1, 0.15) is 11.5 Å². The first-order valence-electron chi connectivity index (χ1n) is 22.9. The van der Waals surface area contributed by atoms with E-state index in [-0.39, 0.29) is 19.1 Å². The van der Waals surface area contributed by atoms with Gasteiger partial charge in [0.25, 0.3) is 5.91 Å². The molecule has 1 aliphatic rings. The second-order valence-electron chi connectivity index (χ2n) is 16.2. The van der Waals surface area contributed by atoms with E-state index in [1.807, 2.05) is 65.6 Å². The van der Waals surface area contributed by atoms with Crippen molar-refractivity contribution < 1.29 is 24.6 Å². The number of anilines is 3. The van der Waals surface area contributed by atoms with Crippen LogP contribution in [-0.2, 0) is 4.79 Å².